The Balaban J connectivity index is 1.41. The maximum Gasteiger partial charge on any atom is 0.317 e. The largest absolute Gasteiger partial charge is 0.332 e. The van der Waals surface area contributed by atoms with Gasteiger partial charge in [-0.05, 0) is 47.0 Å². The average Bonchev–Trinajstić information content (AvgIpc) is 3.20. The third-order valence-electron chi connectivity index (χ3n) is 6.02. The van der Waals surface area contributed by atoms with E-state index in [0.717, 1.165) is 38.2 Å². The number of nitrogens with two attached hydrogens (primary N) is 1. The van der Waals surface area contributed by atoms with Crippen molar-refractivity contribution in [3.8, 4) is 0 Å². The molecule has 2 amide bonds. The number of carbonyl (C=O) groups is 1. The van der Waals surface area contributed by atoms with Crippen LogP contribution in [0.3, 0.4) is 0 Å². The molecule has 0 saturated carbocycles. The molecule has 1 heterocycles. The lowest BCUT2D eigenvalue weighted by molar-refractivity contribution is 0.237. The highest BCUT2D eigenvalue weighted by Gasteiger charge is 2.34. The van der Waals surface area contributed by atoms with Gasteiger partial charge in [0.1, 0.15) is 0 Å². The van der Waals surface area contributed by atoms with Crippen molar-refractivity contribution in [2.45, 2.75) is 29.9 Å². The molecule has 0 spiro atoms. The smallest absolute Gasteiger partial charge is 0.317 e. The predicted molar refractivity (Wildman–Crippen MR) is 142 cm³/mol. The molecule has 34 heavy (non-hydrogen) atoms. The Labute approximate surface area is 208 Å². The van der Waals surface area contributed by atoms with Gasteiger partial charge in [-0.2, -0.15) is 0 Å². The van der Waals surface area contributed by atoms with Gasteiger partial charge in [-0.1, -0.05) is 90.1 Å². The highest BCUT2D eigenvalue weighted by Crippen LogP contribution is 2.49. The first-order chi connectivity index (χ1) is 16.6. The Kier molecular flexibility index (Phi) is 6.37. The number of amides is 2. The summed E-state index contributed by atoms with van der Waals surface area (Å²) in [6.45, 7) is 2.34. The van der Waals surface area contributed by atoms with Crippen molar-refractivity contribution < 1.29 is 4.79 Å². The molecule has 0 aliphatic carbocycles. The molecule has 0 aromatic heterocycles. The summed E-state index contributed by atoms with van der Waals surface area (Å²) in [7, 11) is 0. The topological polar surface area (TPSA) is 70.4 Å². The predicted octanol–water partition coefficient (Wildman–Crippen LogP) is 6.54. The number of anilines is 2. The normalized spacial score (nSPS) is 15.7. The number of fused-ring (bicyclic) bond motifs is 2. The lowest BCUT2D eigenvalue weighted by Gasteiger charge is -2.30. The lowest BCUT2D eigenvalue weighted by Crippen LogP contribution is -2.47. The third kappa shape index (κ3) is 4.20. The molecule has 1 aliphatic rings. The highest BCUT2D eigenvalue weighted by atomic mass is 35.5. The van der Waals surface area contributed by atoms with Crippen molar-refractivity contribution in [1.29, 1.82) is 0 Å². The number of hydrogen-bond donors (Lipinski definition) is 3. The van der Waals surface area contributed by atoms with Gasteiger partial charge in [0.25, 0.3) is 0 Å². The van der Waals surface area contributed by atoms with Crippen molar-refractivity contribution in [2.24, 2.45) is 5.73 Å². The second-order valence-corrected chi connectivity index (χ2v) is 9.70. The molecule has 2 unspecified atom stereocenters. The molecule has 4 aromatic rings. The number of para-hydroxylation sites is 2. The van der Waals surface area contributed by atoms with Crippen molar-refractivity contribution in [3.05, 3.63) is 101 Å². The van der Waals surface area contributed by atoms with Crippen molar-refractivity contribution >= 4 is 51.5 Å². The number of thioether (sulfide) groups is 1. The van der Waals surface area contributed by atoms with Gasteiger partial charge in [0.2, 0.25) is 0 Å². The summed E-state index contributed by atoms with van der Waals surface area (Å²) in [6.07, 6.45) is 0. The molecular weight excluding hydrogens is 464 g/mol. The van der Waals surface area contributed by atoms with Gasteiger partial charge in [-0.3, -0.25) is 0 Å². The summed E-state index contributed by atoms with van der Waals surface area (Å²) >= 11 is 8.22. The zero-order valence-electron chi connectivity index (χ0n) is 18.7. The summed E-state index contributed by atoms with van der Waals surface area (Å²) in [6, 6.07) is 27.7. The minimum atomic E-state index is -0.373. The monoisotopic (exact) mass is 488 g/mol. The Bertz CT molecular complexity index is 1360. The lowest BCUT2D eigenvalue weighted by atomic mass is 10.00. The molecule has 5 rings (SSSR count). The fourth-order valence-electron chi connectivity index (χ4n) is 4.44. The SMILES string of the molecule is CC(NC(=O)NC1Sc2ccccc2N1c1c(Cl)cccc1CN)c1cccc2ccccc12. The van der Waals surface area contributed by atoms with Crippen LogP contribution in [0.2, 0.25) is 5.02 Å². The van der Waals surface area contributed by atoms with Crippen LogP contribution in [0.25, 0.3) is 10.8 Å². The van der Waals surface area contributed by atoms with Gasteiger partial charge in [-0.25, -0.2) is 4.79 Å². The Morgan fingerprint density at radius 3 is 2.62 bits per heavy atom. The van der Waals surface area contributed by atoms with Crippen molar-refractivity contribution in [3.63, 3.8) is 0 Å². The summed E-state index contributed by atoms with van der Waals surface area (Å²) in [5, 5.41) is 9.12. The fourth-order valence-corrected chi connectivity index (χ4v) is 5.90. The van der Waals surface area contributed by atoms with Gasteiger partial charge in [0.15, 0.2) is 5.50 Å². The number of urea groups is 1. The van der Waals surface area contributed by atoms with Crippen molar-refractivity contribution in [1.82, 2.24) is 10.6 Å². The minimum Gasteiger partial charge on any atom is -0.332 e. The van der Waals surface area contributed by atoms with Crippen LogP contribution in [0.15, 0.2) is 89.8 Å². The number of nitrogens with one attached hydrogen (secondary N) is 2. The molecule has 7 heteroatoms. The summed E-state index contributed by atoms with van der Waals surface area (Å²) < 4.78 is 0. The van der Waals surface area contributed by atoms with E-state index in [9.17, 15) is 4.79 Å². The van der Waals surface area contributed by atoms with Crippen LogP contribution in [0.4, 0.5) is 16.2 Å². The summed E-state index contributed by atoms with van der Waals surface area (Å²) in [5.41, 5.74) is 9.46. The summed E-state index contributed by atoms with van der Waals surface area (Å²) in [4.78, 5) is 16.3. The quantitative estimate of drug-likeness (QED) is 0.298. The minimum absolute atomic E-state index is 0.173. The van der Waals surface area contributed by atoms with E-state index >= 15 is 0 Å². The molecule has 2 atom stereocenters. The van der Waals surface area contributed by atoms with Crippen LogP contribution in [0.5, 0.6) is 0 Å². The standard InChI is InChI=1S/C27H25ClN4OS/c1-17(20-12-6-9-18-8-2-3-11-21(18)20)30-26(33)31-27-32(23-14-4-5-15-24(23)34-27)25-19(16-29)10-7-13-22(25)28/h2-15,17,27H,16,29H2,1H3,(H2,30,31,33). The molecule has 0 bridgehead atoms. The number of benzene rings is 4. The van der Waals surface area contributed by atoms with Crippen LogP contribution in [0.1, 0.15) is 24.1 Å². The second kappa shape index (κ2) is 9.58. The number of nitrogens with zero attached hydrogens (tertiary/aromatic N) is 1. The van der Waals surface area contributed by atoms with Crippen LogP contribution < -0.4 is 21.3 Å². The van der Waals surface area contributed by atoms with E-state index in [1.165, 1.54) is 0 Å². The molecular formula is C27H25ClN4OS. The van der Waals surface area contributed by atoms with Gasteiger partial charge in [0.05, 0.1) is 22.4 Å². The molecule has 0 radical (unpaired) electrons. The number of carbonyl (C=O) groups excluding carboxylic acids is 1. The number of halogens is 1. The van der Waals surface area contributed by atoms with E-state index in [2.05, 4.69) is 39.8 Å². The van der Waals surface area contributed by atoms with Gasteiger partial charge >= 0.3 is 6.03 Å². The van der Waals surface area contributed by atoms with Crippen LogP contribution in [-0.4, -0.2) is 11.5 Å². The van der Waals surface area contributed by atoms with E-state index in [0.29, 0.717) is 11.6 Å². The molecule has 0 fully saturated rings. The highest BCUT2D eigenvalue weighted by molar-refractivity contribution is 8.00. The van der Waals surface area contributed by atoms with Crippen LogP contribution >= 0.6 is 23.4 Å². The van der Waals surface area contributed by atoms with Gasteiger partial charge in [0, 0.05) is 11.4 Å². The molecule has 172 valence electrons. The zero-order chi connectivity index (χ0) is 23.7. The Hall–Kier alpha value is -3.19. The zero-order valence-corrected chi connectivity index (χ0v) is 20.2. The Morgan fingerprint density at radius 2 is 1.76 bits per heavy atom. The summed E-state index contributed by atoms with van der Waals surface area (Å²) in [5.74, 6) is 0. The second-order valence-electron chi connectivity index (χ2n) is 8.17. The third-order valence-corrected chi connectivity index (χ3v) is 7.48. The van der Waals surface area contributed by atoms with E-state index in [1.807, 2.05) is 67.6 Å². The van der Waals surface area contributed by atoms with E-state index in [-0.39, 0.29) is 17.6 Å². The first-order valence-corrected chi connectivity index (χ1v) is 12.4. The van der Waals surface area contributed by atoms with Crippen LogP contribution in [-0.2, 0) is 6.54 Å². The number of rotatable bonds is 5. The van der Waals surface area contributed by atoms with E-state index in [1.54, 1.807) is 11.8 Å². The fraction of sp³-hybridized carbons (Fsp3) is 0.148. The van der Waals surface area contributed by atoms with Gasteiger partial charge in [-0.15, -0.1) is 0 Å². The number of hydrogen-bond acceptors (Lipinski definition) is 4. The average molecular weight is 489 g/mol. The first-order valence-electron chi connectivity index (χ1n) is 11.1. The molecule has 4 N–H and O–H groups in total. The van der Waals surface area contributed by atoms with E-state index < -0.39 is 0 Å². The first kappa shape index (κ1) is 22.6. The van der Waals surface area contributed by atoms with Gasteiger partial charge < -0.3 is 21.3 Å². The maximum absolute atomic E-state index is 13.2. The molecule has 4 aromatic carbocycles. The van der Waals surface area contributed by atoms with Crippen LogP contribution in [0, 0.1) is 0 Å². The molecule has 5 nitrogen and oxygen atoms in total. The maximum atomic E-state index is 13.2. The van der Waals surface area contributed by atoms with Crippen molar-refractivity contribution in [2.75, 3.05) is 4.90 Å². The molecule has 0 saturated heterocycles. The van der Waals surface area contributed by atoms with E-state index in [4.69, 9.17) is 17.3 Å². The molecule has 1 aliphatic heterocycles. The Morgan fingerprint density at radius 1 is 1.03 bits per heavy atom.